The monoisotopic (exact) mass is 298 g/mol. The molecule has 21 heavy (non-hydrogen) atoms. The van der Waals surface area contributed by atoms with Gasteiger partial charge in [0.25, 0.3) is 0 Å². The number of nitrogens with zero attached hydrogens (tertiary/aromatic N) is 2. The Morgan fingerprint density at radius 2 is 2.24 bits per heavy atom. The van der Waals surface area contributed by atoms with Gasteiger partial charge in [-0.2, -0.15) is 4.98 Å². The zero-order valence-corrected chi connectivity index (χ0v) is 11.2. The summed E-state index contributed by atoms with van der Waals surface area (Å²) in [7, 11) is 0. The van der Waals surface area contributed by atoms with E-state index in [0.717, 1.165) is 4.57 Å². The largest absolute Gasteiger partial charge is 0.405 e. The third kappa shape index (κ3) is 2.51. The number of aliphatic hydroxyl groups is 3. The third-order valence-corrected chi connectivity index (χ3v) is 3.48. The predicted octanol–water partition coefficient (Wildman–Crippen LogP) is -2.55. The summed E-state index contributed by atoms with van der Waals surface area (Å²) in [6, 6.07) is 1.37. The second kappa shape index (κ2) is 5.82. The van der Waals surface area contributed by atoms with Gasteiger partial charge in [0.05, 0.1) is 6.61 Å². The lowest BCUT2D eigenvalue weighted by atomic mass is 9.99. The molecule has 1 aromatic rings. The predicted molar refractivity (Wildman–Crippen MR) is 72.8 cm³/mol. The summed E-state index contributed by atoms with van der Waals surface area (Å²) in [4.78, 5) is 15.6. The fourth-order valence-corrected chi connectivity index (χ4v) is 2.42. The number of aromatic nitrogens is 2. The first-order chi connectivity index (χ1) is 9.96. The van der Waals surface area contributed by atoms with Crippen LogP contribution < -0.4 is 17.2 Å². The van der Waals surface area contributed by atoms with E-state index in [0.29, 0.717) is 0 Å². The molecule has 9 heteroatoms. The lowest BCUT2D eigenvalue weighted by Crippen LogP contribution is -2.50. The van der Waals surface area contributed by atoms with Gasteiger partial charge in [-0.15, -0.1) is 0 Å². The molecule has 0 radical (unpaired) electrons. The van der Waals surface area contributed by atoms with E-state index < -0.39 is 36.3 Å². The van der Waals surface area contributed by atoms with Gasteiger partial charge in [0, 0.05) is 12.6 Å². The summed E-state index contributed by atoms with van der Waals surface area (Å²) in [5, 5.41) is 29.5. The van der Waals surface area contributed by atoms with Crippen LogP contribution in [0.5, 0.6) is 0 Å². The molecule has 1 saturated heterocycles. The maximum absolute atomic E-state index is 12.0. The Balaban J connectivity index is 2.55. The molecule has 1 fully saturated rings. The molecule has 9 nitrogen and oxygen atoms in total. The normalized spacial score (nSPS) is 32.8. The SMILES string of the molecule is NC=CC[C@@]1(n2ccc(N)nc2=O)O[C@H](CO)[C@@H](O)[C@H]1O. The van der Waals surface area contributed by atoms with Gasteiger partial charge in [-0.05, 0) is 12.3 Å². The van der Waals surface area contributed by atoms with Crippen LogP contribution in [-0.4, -0.2) is 49.8 Å². The maximum Gasteiger partial charge on any atom is 0.351 e. The fraction of sp³-hybridized carbons (Fsp3) is 0.500. The van der Waals surface area contributed by atoms with Gasteiger partial charge in [0.2, 0.25) is 0 Å². The topological polar surface area (TPSA) is 157 Å². The summed E-state index contributed by atoms with van der Waals surface area (Å²) >= 11 is 0. The highest BCUT2D eigenvalue weighted by Gasteiger charge is 2.55. The van der Waals surface area contributed by atoms with E-state index in [1.165, 1.54) is 24.5 Å². The second-order valence-corrected chi connectivity index (χ2v) is 4.76. The van der Waals surface area contributed by atoms with E-state index in [-0.39, 0.29) is 12.2 Å². The Labute approximate surface area is 120 Å². The maximum atomic E-state index is 12.0. The van der Waals surface area contributed by atoms with Crippen molar-refractivity contribution >= 4 is 5.82 Å². The quantitative estimate of drug-likeness (QED) is 0.406. The van der Waals surface area contributed by atoms with E-state index in [4.69, 9.17) is 16.2 Å². The first-order valence-electron chi connectivity index (χ1n) is 6.33. The van der Waals surface area contributed by atoms with E-state index in [1.807, 2.05) is 0 Å². The van der Waals surface area contributed by atoms with Crippen LogP contribution in [0.4, 0.5) is 5.82 Å². The smallest absolute Gasteiger partial charge is 0.351 e. The van der Waals surface area contributed by atoms with E-state index in [1.54, 1.807) is 0 Å². The Kier molecular flexibility index (Phi) is 4.28. The summed E-state index contributed by atoms with van der Waals surface area (Å²) in [5.41, 5.74) is 8.38. The van der Waals surface area contributed by atoms with Gasteiger partial charge in [-0.3, -0.25) is 4.57 Å². The molecule has 116 valence electrons. The molecule has 2 rings (SSSR count). The molecular weight excluding hydrogens is 280 g/mol. The molecular formula is C12H18N4O5. The molecule has 1 aliphatic rings. The van der Waals surface area contributed by atoms with E-state index >= 15 is 0 Å². The van der Waals surface area contributed by atoms with E-state index in [9.17, 15) is 20.1 Å². The van der Waals surface area contributed by atoms with Crippen molar-refractivity contribution in [2.75, 3.05) is 12.3 Å². The van der Waals surface area contributed by atoms with Crippen molar-refractivity contribution in [3.63, 3.8) is 0 Å². The van der Waals surface area contributed by atoms with Crippen molar-refractivity contribution < 1.29 is 20.1 Å². The number of nitrogen functional groups attached to an aromatic ring is 1. The fourth-order valence-electron chi connectivity index (χ4n) is 2.42. The number of rotatable bonds is 4. The summed E-state index contributed by atoms with van der Waals surface area (Å²) in [6.45, 7) is -0.510. The first kappa shape index (κ1) is 15.4. The van der Waals surface area contributed by atoms with Crippen LogP contribution in [0.1, 0.15) is 6.42 Å². The zero-order valence-electron chi connectivity index (χ0n) is 11.2. The number of ether oxygens (including phenoxy) is 1. The standard InChI is InChI=1S/C12H18N4O5/c13-4-1-3-12(10(19)9(18)7(6-17)21-12)16-5-2-8(14)15-11(16)20/h1-2,4-5,7,9-10,17-19H,3,6,13H2,(H2,14,15,20)/t7-,9-,10-,12-/m1/s1. The van der Waals surface area contributed by atoms with Crippen LogP contribution in [0.2, 0.25) is 0 Å². The van der Waals surface area contributed by atoms with E-state index in [2.05, 4.69) is 4.98 Å². The number of hydrogen-bond acceptors (Lipinski definition) is 8. The van der Waals surface area contributed by atoms with Crippen molar-refractivity contribution in [3.05, 3.63) is 35.0 Å². The van der Waals surface area contributed by atoms with Crippen LogP contribution >= 0.6 is 0 Å². The average Bonchev–Trinajstić information content (AvgIpc) is 2.70. The summed E-state index contributed by atoms with van der Waals surface area (Å²) in [6.07, 6.45) is 0.175. The number of aliphatic hydroxyl groups excluding tert-OH is 3. The van der Waals surface area contributed by atoms with Crippen molar-refractivity contribution in [1.82, 2.24) is 9.55 Å². The van der Waals surface area contributed by atoms with Gasteiger partial charge < -0.3 is 31.5 Å². The van der Waals surface area contributed by atoms with Crippen LogP contribution in [0.25, 0.3) is 0 Å². The Bertz CT molecular complexity index is 589. The van der Waals surface area contributed by atoms with Crippen LogP contribution in [0.3, 0.4) is 0 Å². The lowest BCUT2D eigenvalue weighted by Gasteiger charge is -2.32. The minimum Gasteiger partial charge on any atom is -0.405 e. The Morgan fingerprint density at radius 3 is 2.76 bits per heavy atom. The van der Waals surface area contributed by atoms with Gasteiger partial charge in [-0.1, -0.05) is 6.08 Å². The molecule has 0 aromatic carbocycles. The molecule has 0 saturated carbocycles. The molecule has 0 amide bonds. The third-order valence-electron chi connectivity index (χ3n) is 3.48. The van der Waals surface area contributed by atoms with Crippen molar-refractivity contribution in [2.24, 2.45) is 5.73 Å². The number of nitrogens with two attached hydrogens (primary N) is 2. The molecule has 7 N–H and O–H groups in total. The van der Waals surface area contributed by atoms with Crippen molar-refractivity contribution in [2.45, 2.75) is 30.5 Å². The molecule has 0 aliphatic carbocycles. The zero-order chi connectivity index (χ0) is 15.6. The van der Waals surface area contributed by atoms with Crippen molar-refractivity contribution in [1.29, 1.82) is 0 Å². The summed E-state index contributed by atoms with van der Waals surface area (Å²) in [5.74, 6) is 0.0208. The highest BCUT2D eigenvalue weighted by atomic mass is 16.6. The van der Waals surface area contributed by atoms with Gasteiger partial charge in [0.1, 0.15) is 24.1 Å². The Morgan fingerprint density at radius 1 is 1.52 bits per heavy atom. The molecule has 1 aliphatic heterocycles. The average molecular weight is 298 g/mol. The molecule has 2 heterocycles. The molecule has 0 bridgehead atoms. The highest BCUT2D eigenvalue weighted by Crippen LogP contribution is 2.37. The first-order valence-corrected chi connectivity index (χ1v) is 6.33. The minimum absolute atomic E-state index is 0.00370. The number of hydrogen-bond donors (Lipinski definition) is 5. The second-order valence-electron chi connectivity index (χ2n) is 4.76. The molecule has 1 aromatic heterocycles. The minimum atomic E-state index is -1.61. The molecule has 0 spiro atoms. The summed E-state index contributed by atoms with van der Waals surface area (Å²) < 4.78 is 6.59. The lowest BCUT2D eigenvalue weighted by molar-refractivity contribution is -0.148. The van der Waals surface area contributed by atoms with Crippen molar-refractivity contribution in [3.8, 4) is 0 Å². The van der Waals surface area contributed by atoms with Gasteiger partial charge in [0.15, 0.2) is 5.72 Å². The molecule has 4 atom stereocenters. The Hall–Kier alpha value is -1.94. The molecule has 0 unspecified atom stereocenters. The van der Waals surface area contributed by atoms with Crippen LogP contribution in [-0.2, 0) is 10.5 Å². The number of anilines is 1. The highest BCUT2D eigenvalue weighted by molar-refractivity contribution is 5.24. The van der Waals surface area contributed by atoms with Crippen LogP contribution in [0.15, 0.2) is 29.3 Å². The van der Waals surface area contributed by atoms with Crippen LogP contribution in [0, 0.1) is 0 Å². The van der Waals surface area contributed by atoms with Gasteiger partial charge in [-0.25, -0.2) is 4.79 Å². The van der Waals surface area contributed by atoms with Gasteiger partial charge >= 0.3 is 5.69 Å².